The van der Waals surface area contributed by atoms with Gasteiger partial charge in [-0.3, -0.25) is 0 Å². The molecule has 4 bridgehead atoms. The Morgan fingerprint density at radius 2 is 1.20 bits per heavy atom. The maximum absolute atomic E-state index is 13.5. The zero-order chi connectivity index (χ0) is 29.7. The number of nitrogens with zero attached hydrogens (tertiary/aromatic N) is 2. The second kappa shape index (κ2) is 8.46. The number of carbonyl (C=O) groups excluding carboxylic acids is 1. The van der Waals surface area contributed by atoms with Gasteiger partial charge in [0.05, 0.1) is 0 Å². The molecule has 8 aliphatic rings. The van der Waals surface area contributed by atoms with E-state index in [1.54, 1.807) is 12.1 Å². The fraction of sp³-hybridized carbons (Fsp3) is 0.514. The lowest BCUT2D eigenvalue weighted by atomic mass is 9.53. The normalized spacial score (nSPS) is 41.4. The number of rotatable bonds is 2. The number of hydrogen-bond donors (Lipinski definition) is 2. The second-order valence-corrected chi connectivity index (χ2v) is 14.3. The maximum atomic E-state index is 13.5. The average Bonchev–Trinajstić information content (AvgIpc) is 3.55. The molecule has 9 nitrogen and oxygen atoms in total. The highest BCUT2D eigenvalue weighted by atomic mass is 16.7. The van der Waals surface area contributed by atoms with Crippen molar-refractivity contribution in [1.82, 2.24) is 9.80 Å². The van der Waals surface area contributed by atoms with Crippen molar-refractivity contribution in [2.45, 2.75) is 73.0 Å². The van der Waals surface area contributed by atoms with E-state index in [9.17, 15) is 15.0 Å². The third-order valence-electron chi connectivity index (χ3n) is 12.7. The van der Waals surface area contributed by atoms with Gasteiger partial charge < -0.3 is 39.0 Å². The fourth-order valence-corrected chi connectivity index (χ4v) is 10.8. The molecule has 4 aliphatic heterocycles. The van der Waals surface area contributed by atoms with Gasteiger partial charge in [0.25, 0.3) is 0 Å². The van der Waals surface area contributed by atoms with E-state index in [4.69, 9.17) is 18.9 Å². The van der Waals surface area contributed by atoms with Crippen LogP contribution in [0.25, 0.3) is 0 Å². The first-order valence-electron chi connectivity index (χ1n) is 16.0. The Hall–Kier alpha value is -3.37. The molecule has 0 aromatic heterocycles. The van der Waals surface area contributed by atoms with Gasteiger partial charge in [0.1, 0.15) is 24.4 Å². The Morgan fingerprint density at radius 3 is 1.66 bits per heavy atom. The third-order valence-corrected chi connectivity index (χ3v) is 12.7. The molecular weight excluding hydrogens is 560 g/mol. The van der Waals surface area contributed by atoms with Crippen molar-refractivity contribution >= 4 is 6.16 Å². The predicted octanol–water partition coefficient (Wildman–Crippen LogP) is 2.88. The fourth-order valence-electron chi connectivity index (χ4n) is 10.8. The number of likely N-dealkylation sites (tertiary alicyclic amines) is 2. The smallest absolute Gasteiger partial charge is 0.482 e. The Bertz CT molecular complexity index is 1580. The Labute approximate surface area is 255 Å². The van der Waals surface area contributed by atoms with Crippen molar-refractivity contribution in [3.8, 4) is 23.0 Å². The van der Waals surface area contributed by atoms with Crippen molar-refractivity contribution in [2.75, 3.05) is 27.2 Å². The molecule has 2 aromatic rings. The second-order valence-electron chi connectivity index (χ2n) is 14.3. The molecule has 2 N–H and O–H groups in total. The van der Waals surface area contributed by atoms with Crippen LogP contribution in [0.15, 0.2) is 48.6 Å². The van der Waals surface area contributed by atoms with Crippen molar-refractivity contribution in [3.63, 3.8) is 0 Å². The number of aliphatic hydroxyl groups is 2. The van der Waals surface area contributed by atoms with Crippen LogP contribution in [0.4, 0.5) is 4.79 Å². The zero-order valence-corrected chi connectivity index (χ0v) is 24.8. The van der Waals surface area contributed by atoms with Crippen molar-refractivity contribution < 1.29 is 34.0 Å². The van der Waals surface area contributed by atoms with Crippen LogP contribution in [-0.2, 0) is 23.7 Å². The first-order chi connectivity index (χ1) is 21.3. The van der Waals surface area contributed by atoms with Crippen LogP contribution < -0.4 is 18.9 Å². The van der Waals surface area contributed by atoms with Gasteiger partial charge in [-0.2, -0.15) is 0 Å². The van der Waals surface area contributed by atoms with E-state index in [1.807, 2.05) is 24.3 Å². The monoisotopic (exact) mass is 596 g/mol. The van der Waals surface area contributed by atoms with Gasteiger partial charge in [-0.25, -0.2) is 4.79 Å². The topological polar surface area (TPSA) is 101 Å². The zero-order valence-electron chi connectivity index (χ0n) is 24.8. The van der Waals surface area contributed by atoms with E-state index in [0.717, 1.165) is 49.9 Å². The van der Waals surface area contributed by atoms with Gasteiger partial charge in [-0.15, -0.1) is 0 Å². The number of ether oxygens (including phenoxy) is 4. The summed E-state index contributed by atoms with van der Waals surface area (Å²) < 4.78 is 24.9. The third kappa shape index (κ3) is 2.93. The molecule has 0 saturated carbocycles. The van der Waals surface area contributed by atoms with Crippen LogP contribution in [0.5, 0.6) is 23.0 Å². The Morgan fingerprint density at radius 1 is 0.750 bits per heavy atom. The molecular formula is C35H36N2O7. The summed E-state index contributed by atoms with van der Waals surface area (Å²) in [5, 5.41) is 22.1. The lowest BCUT2D eigenvalue weighted by Gasteiger charge is -2.56. The highest BCUT2D eigenvalue weighted by Crippen LogP contribution is 2.64. The molecule has 4 heterocycles. The standard InChI is InChI=1S/C35H36N2O7/c1-36-13-11-34-19-5-7-23(38)31(34)43-29-25(9-3-17(27(29)34)15-21(19)36)41-33(40)42-26-10-4-18-16-22-20-6-8-24(39)32-35(20,12-14-37(22)2)28(18)30(26)44-32/h3-10,19-24,31-32,38-39H,11-16H2,1-2H3/t19-,20-,21+,22+,23-,24-,31-,32-,34-,35-/m0/s1. The minimum absolute atomic E-state index is 0.221. The molecule has 0 radical (unpaired) electrons. The average molecular weight is 597 g/mol. The SMILES string of the molecule is CN1CC[C@]23c4c5ccc(OC(=O)Oc6ccc7c8c6O[C@H]6[C@@H](O)C=C[C@H]9[C@@H](C7)N(C)CC[C@@]896)c4O[C@H]2[C@@H](O)C=C[C@H]3[C@H]1C5. The van der Waals surface area contributed by atoms with Crippen molar-refractivity contribution in [1.29, 1.82) is 0 Å². The number of carbonyl (C=O) groups is 1. The van der Waals surface area contributed by atoms with Crippen LogP contribution in [0.2, 0.25) is 0 Å². The van der Waals surface area contributed by atoms with E-state index in [-0.39, 0.29) is 22.7 Å². The molecule has 2 saturated heterocycles. The highest BCUT2D eigenvalue weighted by molar-refractivity contribution is 5.73. The summed E-state index contributed by atoms with van der Waals surface area (Å²) in [6.45, 7) is 1.83. The number of benzene rings is 2. The molecule has 0 amide bonds. The summed E-state index contributed by atoms with van der Waals surface area (Å²) in [5.74, 6) is 2.15. The highest BCUT2D eigenvalue weighted by Gasteiger charge is 2.66. The summed E-state index contributed by atoms with van der Waals surface area (Å²) >= 11 is 0. The van der Waals surface area contributed by atoms with Gasteiger partial charge in [-0.1, -0.05) is 36.4 Å². The van der Waals surface area contributed by atoms with Crippen molar-refractivity contribution in [2.24, 2.45) is 11.8 Å². The van der Waals surface area contributed by atoms with Crippen LogP contribution in [-0.4, -0.2) is 89.9 Å². The van der Waals surface area contributed by atoms with Crippen molar-refractivity contribution in [3.05, 3.63) is 70.8 Å². The quantitative estimate of drug-likeness (QED) is 0.308. The van der Waals surface area contributed by atoms with E-state index in [1.165, 1.54) is 11.1 Å². The molecule has 2 aromatic carbocycles. The minimum Gasteiger partial charge on any atom is -0.482 e. The van der Waals surface area contributed by atoms with Crippen LogP contribution in [0, 0.1) is 11.8 Å². The van der Waals surface area contributed by atoms with Crippen LogP contribution in [0.1, 0.15) is 35.1 Å². The van der Waals surface area contributed by atoms with E-state index in [2.05, 4.69) is 36.0 Å². The first-order valence-corrected chi connectivity index (χ1v) is 16.0. The van der Waals surface area contributed by atoms with Gasteiger partial charge in [0.15, 0.2) is 23.0 Å². The summed E-state index contributed by atoms with van der Waals surface area (Å²) in [6, 6.07) is 8.33. The van der Waals surface area contributed by atoms with Gasteiger partial charge in [0, 0.05) is 45.9 Å². The lowest BCUT2D eigenvalue weighted by Crippen LogP contribution is -2.64. The number of likely N-dealkylation sites (N-methyl/N-ethyl adjacent to an activating group) is 2. The summed E-state index contributed by atoms with van der Waals surface area (Å²) in [7, 11) is 4.35. The molecule has 44 heavy (non-hydrogen) atoms. The number of piperidine rings is 2. The minimum atomic E-state index is -0.871. The summed E-state index contributed by atoms with van der Waals surface area (Å²) in [6.07, 6.45) is 8.37. The molecule has 10 rings (SSSR count). The predicted molar refractivity (Wildman–Crippen MR) is 158 cm³/mol. The largest absolute Gasteiger partial charge is 0.519 e. The van der Waals surface area contributed by atoms with Crippen LogP contribution >= 0.6 is 0 Å². The van der Waals surface area contributed by atoms with Crippen LogP contribution in [0.3, 0.4) is 0 Å². The molecule has 2 spiro atoms. The number of aliphatic hydroxyl groups excluding tert-OH is 2. The molecule has 2 fully saturated rings. The Balaban J connectivity index is 0.998. The molecule has 228 valence electrons. The van der Waals surface area contributed by atoms with E-state index in [0.29, 0.717) is 35.1 Å². The molecule has 0 unspecified atom stereocenters. The van der Waals surface area contributed by atoms with Gasteiger partial charge in [0.2, 0.25) is 0 Å². The van der Waals surface area contributed by atoms with E-state index >= 15 is 0 Å². The first kappa shape index (κ1) is 25.9. The summed E-state index contributed by atoms with van der Waals surface area (Å²) in [4.78, 5) is 18.3. The molecule has 10 atom stereocenters. The Kier molecular flexibility index (Phi) is 4.98. The maximum Gasteiger partial charge on any atom is 0.519 e. The van der Waals surface area contributed by atoms with Gasteiger partial charge >= 0.3 is 6.16 Å². The molecule has 4 aliphatic carbocycles. The molecule has 9 heteroatoms. The lowest BCUT2D eigenvalue weighted by molar-refractivity contribution is -0.0454. The summed E-state index contributed by atoms with van der Waals surface area (Å²) in [5.41, 5.74) is 3.85. The van der Waals surface area contributed by atoms with E-state index < -0.39 is 30.6 Å². The van der Waals surface area contributed by atoms with Gasteiger partial charge in [-0.05, 0) is 76.1 Å². The number of hydrogen-bond acceptors (Lipinski definition) is 9.